The van der Waals surface area contributed by atoms with Gasteiger partial charge in [0.25, 0.3) is 0 Å². The highest BCUT2D eigenvalue weighted by Crippen LogP contribution is 2.13. The molecule has 0 spiro atoms. The van der Waals surface area contributed by atoms with Gasteiger partial charge in [-0.2, -0.15) is 10.2 Å². The van der Waals surface area contributed by atoms with Crippen molar-refractivity contribution in [2.75, 3.05) is 5.32 Å². The molecule has 4 aromatic rings. The number of carbonyl (C=O) groups excluding carboxylic acids is 1. The van der Waals surface area contributed by atoms with Gasteiger partial charge in [-0.25, -0.2) is 24.1 Å². The minimum atomic E-state index is -0.298. The summed E-state index contributed by atoms with van der Waals surface area (Å²) in [5.41, 5.74) is 2.42. The Balaban J connectivity index is 1.34. The lowest BCUT2D eigenvalue weighted by Crippen LogP contribution is -2.28. The quantitative estimate of drug-likeness (QED) is 0.568. The summed E-state index contributed by atoms with van der Waals surface area (Å²) in [5, 5.41) is 13.8. The Morgan fingerprint density at radius 1 is 1.07 bits per heavy atom. The molecule has 2 amide bonds. The van der Waals surface area contributed by atoms with Crippen LogP contribution in [0, 0.1) is 0 Å². The van der Waals surface area contributed by atoms with Crippen molar-refractivity contribution in [3.8, 4) is 11.5 Å². The number of urea groups is 1. The van der Waals surface area contributed by atoms with Gasteiger partial charge in [-0.3, -0.25) is 0 Å². The molecule has 0 aliphatic heterocycles. The molecule has 0 atom stereocenters. The average molecular weight is 360 g/mol. The first-order chi connectivity index (χ1) is 13.3. The summed E-state index contributed by atoms with van der Waals surface area (Å²) in [6.45, 7) is 0.356. The van der Waals surface area contributed by atoms with Gasteiger partial charge in [0, 0.05) is 30.8 Å². The van der Waals surface area contributed by atoms with Crippen molar-refractivity contribution in [3.63, 3.8) is 0 Å². The highest BCUT2D eigenvalue weighted by Gasteiger charge is 2.05. The van der Waals surface area contributed by atoms with E-state index in [0.717, 1.165) is 11.3 Å². The number of hydrogen-bond donors (Lipinski definition) is 2. The van der Waals surface area contributed by atoms with E-state index in [0.29, 0.717) is 18.1 Å². The zero-order chi connectivity index (χ0) is 18.5. The van der Waals surface area contributed by atoms with Crippen LogP contribution in [0.1, 0.15) is 5.56 Å². The second-order valence-corrected chi connectivity index (χ2v) is 5.67. The number of carbonyl (C=O) groups is 1. The van der Waals surface area contributed by atoms with Gasteiger partial charge in [0.15, 0.2) is 5.82 Å². The van der Waals surface area contributed by atoms with Crippen LogP contribution in [-0.2, 0) is 6.54 Å². The first-order valence-electron chi connectivity index (χ1n) is 8.23. The molecule has 3 aromatic heterocycles. The largest absolute Gasteiger partial charge is 0.334 e. The van der Waals surface area contributed by atoms with E-state index >= 15 is 0 Å². The van der Waals surface area contributed by atoms with Crippen LogP contribution in [-0.4, -0.2) is 35.6 Å². The number of amides is 2. The fourth-order valence-electron chi connectivity index (χ4n) is 2.49. The second-order valence-electron chi connectivity index (χ2n) is 5.67. The number of pyridine rings is 1. The van der Waals surface area contributed by atoms with Gasteiger partial charge in [0.05, 0.1) is 5.69 Å². The molecule has 3 heterocycles. The highest BCUT2D eigenvalue weighted by atomic mass is 16.2. The van der Waals surface area contributed by atoms with E-state index in [1.807, 2.05) is 48.7 Å². The zero-order valence-corrected chi connectivity index (χ0v) is 14.2. The summed E-state index contributed by atoms with van der Waals surface area (Å²) in [5.74, 6) is 0.663. The third kappa shape index (κ3) is 3.98. The zero-order valence-electron chi connectivity index (χ0n) is 14.2. The smallest absolute Gasteiger partial charge is 0.319 e. The molecule has 0 aliphatic carbocycles. The molecule has 134 valence electrons. The molecular formula is C18H16N8O. The SMILES string of the molecule is O=C(NCc1ccc(-n2cncn2)nc1)Nc1cccc(-n2cccn2)c1. The molecule has 0 aliphatic rings. The fourth-order valence-corrected chi connectivity index (χ4v) is 2.49. The van der Waals surface area contributed by atoms with Gasteiger partial charge >= 0.3 is 6.03 Å². The predicted octanol–water partition coefficient (Wildman–Crippen LogP) is 2.17. The molecule has 1 aromatic carbocycles. The third-order valence-corrected chi connectivity index (χ3v) is 3.79. The van der Waals surface area contributed by atoms with Gasteiger partial charge in [0.2, 0.25) is 0 Å². The molecule has 0 radical (unpaired) electrons. The molecule has 4 rings (SSSR count). The summed E-state index contributed by atoms with van der Waals surface area (Å²) in [4.78, 5) is 20.3. The Labute approximate surface area is 154 Å². The van der Waals surface area contributed by atoms with Crippen LogP contribution in [0.3, 0.4) is 0 Å². The first-order valence-corrected chi connectivity index (χ1v) is 8.23. The normalized spacial score (nSPS) is 10.5. The second kappa shape index (κ2) is 7.48. The van der Waals surface area contributed by atoms with Crippen LogP contribution >= 0.6 is 0 Å². The number of aromatic nitrogens is 6. The van der Waals surface area contributed by atoms with E-state index in [9.17, 15) is 4.79 Å². The fraction of sp³-hybridized carbons (Fsp3) is 0.0556. The summed E-state index contributed by atoms with van der Waals surface area (Å²) in [7, 11) is 0. The molecule has 2 N–H and O–H groups in total. The summed E-state index contributed by atoms with van der Waals surface area (Å²) >= 11 is 0. The molecule has 0 fully saturated rings. The Hall–Kier alpha value is -4.01. The number of nitrogens with zero attached hydrogens (tertiary/aromatic N) is 6. The van der Waals surface area contributed by atoms with Gasteiger partial charge in [-0.15, -0.1) is 0 Å². The molecule has 0 saturated carbocycles. The Bertz CT molecular complexity index is 1010. The minimum Gasteiger partial charge on any atom is -0.334 e. The van der Waals surface area contributed by atoms with Gasteiger partial charge < -0.3 is 10.6 Å². The van der Waals surface area contributed by atoms with E-state index < -0.39 is 0 Å². The van der Waals surface area contributed by atoms with Crippen molar-refractivity contribution in [1.82, 2.24) is 34.8 Å². The number of benzene rings is 1. The summed E-state index contributed by atoms with van der Waals surface area (Å²) < 4.78 is 3.29. The van der Waals surface area contributed by atoms with Gasteiger partial charge in [-0.1, -0.05) is 12.1 Å². The van der Waals surface area contributed by atoms with Crippen LogP contribution in [0.15, 0.2) is 73.7 Å². The standard InChI is InChI=1S/C18H16N8O/c27-18(24-15-3-1-4-16(9-15)25-8-2-7-22-25)21-11-14-5-6-17(20-10-14)26-13-19-12-23-26/h1-10,12-13H,11H2,(H2,21,24,27). The van der Waals surface area contributed by atoms with Crippen LogP contribution in [0.5, 0.6) is 0 Å². The molecule has 0 bridgehead atoms. The number of nitrogens with one attached hydrogen (secondary N) is 2. The van der Waals surface area contributed by atoms with Gasteiger partial charge in [0.1, 0.15) is 12.7 Å². The number of hydrogen-bond acceptors (Lipinski definition) is 5. The number of rotatable bonds is 5. The Morgan fingerprint density at radius 3 is 2.78 bits per heavy atom. The molecule has 0 saturated heterocycles. The molecular weight excluding hydrogens is 344 g/mol. The van der Waals surface area contributed by atoms with Crippen LogP contribution in [0.2, 0.25) is 0 Å². The van der Waals surface area contributed by atoms with Crippen LogP contribution in [0.4, 0.5) is 10.5 Å². The van der Waals surface area contributed by atoms with Gasteiger partial charge in [-0.05, 0) is 35.9 Å². The van der Waals surface area contributed by atoms with Crippen molar-refractivity contribution in [2.24, 2.45) is 0 Å². The molecule has 9 nitrogen and oxygen atoms in total. The lowest BCUT2D eigenvalue weighted by atomic mass is 10.2. The molecule has 9 heteroatoms. The average Bonchev–Trinajstić information content (AvgIpc) is 3.41. The van der Waals surface area contributed by atoms with Crippen molar-refractivity contribution >= 4 is 11.7 Å². The predicted molar refractivity (Wildman–Crippen MR) is 98.6 cm³/mol. The Kier molecular flexibility index (Phi) is 4.56. The van der Waals surface area contributed by atoms with Crippen molar-refractivity contribution in [1.29, 1.82) is 0 Å². The van der Waals surface area contributed by atoms with E-state index in [4.69, 9.17) is 0 Å². The topological polar surface area (TPSA) is 103 Å². The maximum absolute atomic E-state index is 12.1. The number of anilines is 1. The lowest BCUT2D eigenvalue weighted by molar-refractivity contribution is 0.251. The summed E-state index contributed by atoms with van der Waals surface area (Å²) in [6, 6.07) is 12.7. The third-order valence-electron chi connectivity index (χ3n) is 3.79. The van der Waals surface area contributed by atoms with E-state index in [-0.39, 0.29) is 6.03 Å². The molecule has 27 heavy (non-hydrogen) atoms. The maximum atomic E-state index is 12.1. The highest BCUT2D eigenvalue weighted by molar-refractivity contribution is 5.89. The molecule has 0 unspecified atom stereocenters. The van der Waals surface area contributed by atoms with Crippen molar-refractivity contribution < 1.29 is 4.79 Å². The van der Waals surface area contributed by atoms with Crippen LogP contribution in [0.25, 0.3) is 11.5 Å². The monoisotopic (exact) mass is 360 g/mol. The van der Waals surface area contributed by atoms with E-state index in [2.05, 4.69) is 30.8 Å². The lowest BCUT2D eigenvalue weighted by Gasteiger charge is -2.09. The van der Waals surface area contributed by atoms with Crippen LogP contribution < -0.4 is 10.6 Å². The van der Waals surface area contributed by atoms with E-state index in [1.165, 1.54) is 6.33 Å². The van der Waals surface area contributed by atoms with E-state index in [1.54, 1.807) is 28.1 Å². The van der Waals surface area contributed by atoms with Crippen molar-refractivity contribution in [3.05, 3.63) is 79.3 Å². The van der Waals surface area contributed by atoms with Crippen molar-refractivity contribution in [2.45, 2.75) is 6.54 Å². The Morgan fingerprint density at radius 2 is 2.04 bits per heavy atom. The maximum Gasteiger partial charge on any atom is 0.319 e. The first kappa shape index (κ1) is 16.5. The summed E-state index contributed by atoms with van der Waals surface area (Å²) in [6.07, 6.45) is 8.26. The minimum absolute atomic E-state index is 0.298.